The van der Waals surface area contributed by atoms with Crippen LogP contribution in [0.15, 0.2) is 24.3 Å². The molecule has 1 rings (SSSR count). The monoisotopic (exact) mass is 339 g/mol. The molecule has 0 saturated heterocycles. The molecule has 22 heavy (non-hydrogen) atoms. The van der Waals surface area contributed by atoms with E-state index in [9.17, 15) is 31.2 Å². The molecule has 0 aliphatic rings. The molecule has 3 N–H and O–H groups in total. The smallest absolute Gasteiger partial charge is 0.267 e. The number of nitrogens with one attached hydrogen (secondary N) is 3. The number of hydrogen-bond acceptors (Lipinski definition) is 4. The summed E-state index contributed by atoms with van der Waals surface area (Å²) in [6.45, 7) is 0.00550. The third-order valence-electron chi connectivity index (χ3n) is 2.30. The zero-order chi connectivity index (χ0) is 17.0. The van der Waals surface area contributed by atoms with Crippen LogP contribution in [0.5, 0.6) is 0 Å². The van der Waals surface area contributed by atoms with Gasteiger partial charge in [-0.3, -0.25) is 20.4 Å². The van der Waals surface area contributed by atoms with Crippen LogP contribution < -0.4 is 15.6 Å². The largest absolute Gasteiger partial charge is 0.472 e. The molecule has 11 heteroatoms. The van der Waals surface area contributed by atoms with Crippen LogP contribution in [0.4, 0.5) is 13.2 Å². The van der Waals surface area contributed by atoms with Gasteiger partial charge in [0.05, 0.1) is 6.26 Å². The minimum atomic E-state index is -5.10. The van der Waals surface area contributed by atoms with Gasteiger partial charge in [0.25, 0.3) is 5.91 Å². The molecule has 0 bridgehead atoms. The van der Waals surface area contributed by atoms with Gasteiger partial charge in [-0.1, -0.05) is 12.1 Å². The molecule has 0 radical (unpaired) electrons. The number of alkyl halides is 3. The quantitative estimate of drug-likeness (QED) is 0.675. The zero-order valence-corrected chi connectivity index (χ0v) is 12.0. The van der Waals surface area contributed by atoms with Gasteiger partial charge in [0.2, 0.25) is 10.0 Å². The fraction of sp³-hybridized carbons (Fsp3) is 0.273. The van der Waals surface area contributed by atoms with Crippen molar-refractivity contribution in [3.63, 3.8) is 0 Å². The Morgan fingerprint density at radius 3 is 2.09 bits per heavy atom. The molecule has 0 atom stereocenters. The number of hydrogen-bond donors (Lipinski definition) is 3. The van der Waals surface area contributed by atoms with E-state index >= 15 is 0 Å². The number of benzene rings is 1. The van der Waals surface area contributed by atoms with Crippen molar-refractivity contribution in [1.29, 1.82) is 0 Å². The Morgan fingerprint density at radius 2 is 1.64 bits per heavy atom. The second-order valence-electron chi connectivity index (χ2n) is 4.20. The molecule has 0 heterocycles. The lowest BCUT2D eigenvalue weighted by Gasteiger charge is -2.09. The van der Waals surface area contributed by atoms with E-state index in [2.05, 4.69) is 4.72 Å². The minimum absolute atomic E-state index is 0.00550. The van der Waals surface area contributed by atoms with Crippen molar-refractivity contribution in [2.24, 2.45) is 0 Å². The molecule has 0 saturated carbocycles. The molecule has 0 aliphatic heterocycles. The summed E-state index contributed by atoms with van der Waals surface area (Å²) in [5, 5.41) is 0. The Balaban J connectivity index is 2.59. The highest BCUT2D eigenvalue weighted by Crippen LogP contribution is 2.13. The van der Waals surface area contributed by atoms with Gasteiger partial charge < -0.3 is 0 Å². The van der Waals surface area contributed by atoms with Crippen molar-refractivity contribution in [1.82, 2.24) is 15.6 Å². The Bertz CT molecular complexity index is 656. The molecule has 122 valence electrons. The molecule has 1 aromatic carbocycles. The summed E-state index contributed by atoms with van der Waals surface area (Å²) in [4.78, 5) is 22.0. The Hall–Kier alpha value is -2.14. The van der Waals surface area contributed by atoms with Crippen LogP contribution in [-0.2, 0) is 21.4 Å². The van der Waals surface area contributed by atoms with E-state index in [0.29, 0.717) is 5.56 Å². The summed E-state index contributed by atoms with van der Waals surface area (Å²) >= 11 is 0. The van der Waals surface area contributed by atoms with Crippen LogP contribution in [0, 0.1) is 0 Å². The lowest BCUT2D eigenvalue weighted by atomic mass is 10.1. The number of carbonyl (C=O) groups is 2. The van der Waals surface area contributed by atoms with Crippen LogP contribution in [0.3, 0.4) is 0 Å². The third kappa shape index (κ3) is 6.10. The van der Waals surface area contributed by atoms with Gasteiger partial charge >= 0.3 is 12.1 Å². The highest BCUT2D eigenvalue weighted by molar-refractivity contribution is 7.88. The molecule has 1 aromatic rings. The van der Waals surface area contributed by atoms with E-state index in [0.717, 1.165) is 6.26 Å². The van der Waals surface area contributed by atoms with Crippen molar-refractivity contribution < 1.29 is 31.2 Å². The molecule has 0 aromatic heterocycles. The van der Waals surface area contributed by atoms with Crippen molar-refractivity contribution in [2.75, 3.05) is 6.26 Å². The van der Waals surface area contributed by atoms with Gasteiger partial charge in [0.15, 0.2) is 0 Å². The average molecular weight is 339 g/mol. The van der Waals surface area contributed by atoms with Crippen LogP contribution >= 0.6 is 0 Å². The molecule has 0 unspecified atom stereocenters. The summed E-state index contributed by atoms with van der Waals surface area (Å²) in [5.41, 5.74) is 3.37. The van der Waals surface area contributed by atoms with Gasteiger partial charge in [-0.2, -0.15) is 13.2 Å². The normalized spacial score (nSPS) is 11.8. The van der Waals surface area contributed by atoms with Gasteiger partial charge in [0.1, 0.15) is 0 Å². The molecule has 0 fully saturated rings. The molecule has 0 spiro atoms. The number of hydrazine groups is 1. The molecule has 2 amide bonds. The number of carbonyl (C=O) groups excluding carboxylic acids is 2. The van der Waals surface area contributed by atoms with E-state index in [1.807, 2.05) is 0 Å². The maximum absolute atomic E-state index is 11.9. The molecular weight excluding hydrogens is 327 g/mol. The summed E-state index contributed by atoms with van der Waals surface area (Å²) in [6.07, 6.45) is -4.12. The third-order valence-corrected chi connectivity index (χ3v) is 2.97. The van der Waals surface area contributed by atoms with E-state index in [-0.39, 0.29) is 12.1 Å². The maximum Gasteiger partial charge on any atom is 0.472 e. The predicted molar refractivity (Wildman–Crippen MR) is 69.8 cm³/mol. The Kier molecular flexibility index (Phi) is 5.49. The van der Waals surface area contributed by atoms with Crippen LogP contribution in [-0.4, -0.2) is 32.7 Å². The first-order valence-corrected chi connectivity index (χ1v) is 7.59. The van der Waals surface area contributed by atoms with Gasteiger partial charge in [0, 0.05) is 12.1 Å². The fourth-order valence-electron chi connectivity index (χ4n) is 1.24. The van der Waals surface area contributed by atoms with Gasteiger partial charge in [-0.25, -0.2) is 13.1 Å². The Morgan fingerprint density at radius 1 is 1.09 bits per heavy atom. The topological polar surface area (TPSA) is 104 Å². The van der Waals surface area contributed by atoms with E-state index in [1.54, 1.807) is 5.43 Å². The lowest BCUT2D eigenvalue weighted by molar-refractivity contribution is -0.174. The fourth-order valence-corrected chi connectivity index (χ4v) is 1.67. The van der Waals surface area contributed by atoms with Crippen molar-refractivity contribution >= 4 is 21.8 Å². The first-order valence-electron chi connectivity index (χ1n) is 5.70. The van der Waals surface area contributed by atoms with Crippen LogP contribution in [0.2, 0.25) is 0 Å². The second-order valence-corrected chi connectivity index (χ2v) is 6.03. The highest BCUT2D eigenvalue weighted by Gasteiger charge is 2.38. The summed E-state index contributed by atoms with van der Waals surface area (Å²) in [7, 11) is -3.36. The average Bonchev–Trinajstić information content (AvgIpc) is 2.40. The summed E-state index contributed by atoms with van der Waals surface area (Å²) in [5.74, 6) is -3.24. The highest BCUT2D eigenvalue weighted by atomic mass is 32.2. The van der Waals surface area contributed by atoms with Gasteiger partial charge in [-0.15, -0.1) is 0 Å². The zero-order valence-electron chi connectivity index (χ0n) is 11.2. The minimum Gasteiger partial charge on any atom is -0.267 e. The number of halogens is 3. The van der Waals surface area contributed by atoms with E-state index in [1.165, 1.54) is 29.7 Å². The van der Waals surface area contributed by atoms with E-state index in [4.69, 9.17) is 0 Å². The number of amides is 2. The SMILES string of the molecule is CS(=O)(=O)NCc1ccc(C(=O)NNC(=O)C(F)(F)F)cc1. The molecular formula is C11H12F3N3O4S. The first kappa shape index (κ1) is 17.9. The van der Waals surface area contributed by atoms with Crippen LogP contribution in [0.1, 0.15) is 15.9 Å². The van der Waals surface area contributed by atoms with E-state index < -0.39 is 28.0 Å². The Labute approximate surface area is 123 Å². The molecule has 0 aliphatic carbocycles. The second kappa shape index (κ2) is 6.75. The van der Waals surface area contributed by atoms with Crippen molar-refractivity contribution in [3.05, 3.63) is 35.4 Å². The van der Waals surface area contributed by atoms with Crippen molar-refractivity contribution in [2.45, 2.75) is 12.7 Å². The number of rotatable bonds is 4. The predicted octanol–water partition coefficient (Wildman–Crippen LogP) is 0.0591. The van der Waals surface area contributed by atoms with Crippen molar-refractivity contribution in [3.8, 4) is 0 Å². The number of sulfonamides is 1. The van der Waals surface area contributed by atoms with Crippen LogP contribution in [0.25, 0.3) is 0 Å². The maximum atomic E-state index is 11.9. The summed E-state index contributed by atoms with van der Waals surface area (Å²) in [6, 6.07) is 5.38. The first-order chi connectivity index (χ1) is 9.99. The standard InChI is InChI=1S/C11H12F3N3O4S/c1-22(20,21)15-6-7-2-4-8(5-3-7)9(18)16-17-10(19)11(12,13)14/h2-5,15H,6H2,1H3,(H,16,18)(H,17,19). The molecule has 7 nitrogen and oxygen atoms in total. The summed E-state index contributed by atoms with van der Waals surface area (Å²) < 4.78 is 59.8. The lowest BCUT2D eigenvalue weighted by Crippen LogP contribution is -2.47. The van der Waals surface area contributed by atoms with Gasteiger partial charge in [-0.05, 0) is 17.7 Å².